The van der Waals surface area contributed by atoms with Crippen molar-refractivity contribution in [3.63, 3.8) is 0 Å². The molecular weight excluding hydrogens is 232 g/mol. The summed E-state index contributed by atoms with van der Waals surface area (Å²) in [5.74, 6) is -1.08. The maximum Gasteiger partial charge on any atom is 0.126 e. The van der Waals surface area contributed by atoms with Crippen molar-refractivity contribution in [2.24, 2.45) is 0 Å². The standard InChI is InChI=1S/C15H15F2N/c1-11-3-2-4-12(5-11)9-18-10-13-6-14(16)8-15(17)7-13/h2-8,18H,9-10H2,1H3. The number of hydrogen-bond acceptors (Lipinski definition) is 1. The van der Waals surface area contributed by atoms with E-state index in [2.05, 4.69) is 11.4 Å². The Morgan fingerprint density at radius 3 is 2.22 bits per heavy atom. The fourth-order valence-electron chi connectivity index (χ4n) is 1.89. The van der Waals surface area contributed by atoms with Gasteiger partial charge in [-0.25, -0.2) is 8.78 Å². The topological polar surface area (TPSA) is 12.0 Å². The Balaban J connectivity index is 1.92. The molecule has 0 heterocycles. The molecule has 2 rings (SSSR count). The Hall–Kier alpha value is -1.74. The van der Waals surface area contributed by atoms with Gasteiger partial charge in [-0.3, -0.25) is 0 Å². The minimum Gasteiger partial charge on any atom is -0.309 e. The van der Waals surface area contributed by atoms with Gasteiger partial charge in [0.05, 0.1) is 0 Å². The third kappa shape index (κ3) is 3.64. The normalized spacial score (nSPS) is 10.6. The van der Waals surface area contributed by atoms with Crippen LogP contribution in [0, 0.1) is 18.6 Å². The Bertz CT molecular complexity index is 518. The van der Waals surface area contributed by atoms with Crippen LogP contribution in [0.1, 0.15) is 16.7 Å². The van der Waals surface area contributed by atoms with E-state index in [1.165, 1.54) is 17.7 Å². The highest BCUT2D eigenvalue weighted by molar-refractivity contribution is 5.22. The van der Waals surface area contributed by atoms with Gasteiger partial charge in [0.1, 0.15) is 11.6 Å². The molecule has 2 aromatic carbocycles. The molecule has 0 spiro atoms. The Labute approximate surface area is 105 Å². The lowest BCUT2D eigenvalue weighted by Crippen LogP contribution is -2.13. The molecule has 2 aromatic rings. The number of aryl methyl sites for hydroxylation is 1. The minimum absolute atomic E-state index is 0.447. The number of benzene rings is 2. The summed E-state index contributed by atoms with van der Waals surface area (Å²) in [4.78, 5) is 0. The van der Waals surface area contributed by atoms with E-state index >= 15 is 0 Å². The summed E-state index contributed by atoms with van der Waals surface area (Å²) in [7, 11) is 0. The predicted molar refractivity (Wildman–Crippen MR) is 68.1 cm³/mol. The van der Waals surface area contributed by atoms with Crippen molar-refractivity contribution in [3.05, 3.63) is 70.8 Å². The van der Waals surface area contributed by atoms with Crippen molar-refractivity contribution in [3.8, 4) is 0 Å². The second kappa shape index (κ2) is 5.74. The van der Waals surface area contributed by atoms with Crippen molar-refractivity contribution >= 4 is 0 Å². The van der Waals surface area contributed by atoms with Crippen molar-refractivity contribution in [1.29, 1.82) is 0 Å². The molecule has 0 aliphatic rings. The lowest BCUT2D eigenvalue weighted by Gasteiger charge is -2.06. The molecule has 0 fully saturated rings. The second-order valence-electron chi connectivity index (χ2n) is 4.37. The molecule has 1 nitrogen and oxygen atoms in total. The fourth-order valence-corrected chi connectivity index (χ4v) is 1.89. The van der Waals surface area contributed by atoms with Crippen LogP contribution in [0.25, 0.3) is 0 Å². The highest BCUT2D eigenvalue weighted by Crippen LogP contribution is 2.08. The Kier molecular flexibility index (Phi) is 4.05. The molecule has 94 valence electrons. The first kappa shape index (κ1) is 12.7. The molecule has 0 aliphatic heterocycles. The fraction of sp³-hybridized carbons (Fsp3) is 0.200. The predicted octanol–water partition coefficient (Wildman–Crippen LogP) is 3.56. The number of hydrogen-bond donors (Lipinski definition) is 1. The van der Waals surface area contributed by atoms with Crippen LogP contribution < -0.4 is 5.32 Å². The Morgan fingerprint density at radius 1 is 0.889 bits per heavy atom. The maximum atomic E-state index is 13.0. The van der Waals surface area contributed by atoms with Crippen LogP contribution in [0.2, 0.25) is 0 Å². The van der Waals surface area contributed by atoms with Gasteiger partial charge in [0.15, 0.2) is 0 Å². The lowest BCUT2D eigenvalue weighted by atomic mass is 10.1. The van der Waals surface area contributed by atoms with Crippen LogP contribution in [0.15, 0.2) is 42.5 Å². The molecule has 0 saturated heterocycles. The van der Waals surface area contributed by atoms with E-state index in [-0.39, 0.29) is 0 Å². The number of nitrogens with one attached hydrogen (secondary N) is 1. The van der Waals surface area contributed by atoms with Gasteiger partial charge in [-0.2, -0.15) is 0 Å². The van der Waals surface area contributed by atoms with Gasteiger partial charge in [0, 0.05) is 19.2 Å². The first-order chi connectivity index (χ1) is 8.63. The molecule has 0 radical (unpaired) electrons. The smallest absolute Gasteiger partial charge is 0.126 e. The monoisotopic (exact) mass is 247 g/mol. The van der Waals surface area contributed by atoms with Crippen molar-refractivity contribution in [2.45, 2.75) is 20.0 Å². The molecule has 0 amide bonds. The molecule has 0 saturated carbocycles. The second-order valence-corrected chi connectivity index (χ2v) is 4.37. The first-order valence-electron chi connectivity index (χ1n) is 5.85. The SMILES string of the molecule is Cc1cccc(CNCc2cc(F)cc(F)c2)c1. The molecular formula is C15H15F2N. The molecule has 18 heavy (non-hydrogen) atoms. The molecule has 1 N–H and O–H groups in total. The summed E-state index contributed by atoms with van der Waals surface area (Å²) in [5.41, 5.74) is 2.97. The summed E-state index contributed by atoms with van der Waals surface area (Å²) in [6, 6.07) is 11.7. The van der Waals surface area contributed by atoms with Gasteiger partial charge >= 0.3 is 0 Å². The summed E-state index contributed by atoms with van der Waals surface area (Å²) >= 11 is 0. The summed E-state index contributed by atoms with van der Waals surface area (Å²) in [5, 5.41) is 3.17. The highest BCUT2D eigenvalue weighted by atomic mass is 19.1. The minimum atomic E-state index is -0.539. The molecule has 0 aromatic heterocycles. The molecule has 0 aliphatic carbocycles. The van der Waals surface area contributed by atoms with Crippen LogP contribution >= 0.6 is 0 Å². The van der Waals surface area contributed by atoms with E-state index in [1.54, 1.807) is 0 Å². The van der Waals surface area contributed by atoms with Gasteiger partial charge in [-0.05, 0) is 30.2 Å². The summed E-state index contributed by atoms with van der Waals surface area (Å²) in [6.45, 7) is 3.16. The van der Waals surface area contributed by atoms with Crippen molar-refractivity contribution < 1.29 is 8.78 Å². The van der Waals surface area contributed by atoms with Gasteiger partial charge < -0.3 is 5.32 Å². The third-order valence-electron chi connectivity index (χ3n) is 2.66. The molecule has 3 heteroatoms. The van der Waals surface area contributed by atoms with Crippen LogP contribution in [0.5, 0.6) is 0 Å². The molecule has 0 atom stereocenters. The zero-order valence-corrected chi connectivity index (χ0v) is 10.2. The van der Waals surface area contributed by atoms with E-state index in [1.807, 2.05) is 25.1 Å². The van der Waals surface area contributed by atoms with E-state index in [4.69, 9.17) is 0 Å². The van der Waals surface area contributed by atoms with Gasteiger partial charge in [0.2, 0.25) is 0 Å². The van der Waals surface area contributed by atoms with Gasteiger partial charge in [-0.1, -0.05) is 29.8 Å². The average Bonchev–Trinajstić information content (AvgIpc) is 2.27. The third-order valence-corrected chi connectivity index (χ3v) is 2.66. The highest BCUT2D eigenvalue weighted by Gasteiger charge is 2.00. The molecule has 0 unspecified atom stereocenters. The van der Waals surface area contributed by atoms with E-state index < -0.39 is 11.6 Å². The van der Waals surface area contributed by atoms with Crippen LogP contribution in [0.3, 0.4) is 0 Å². The van der Waals surface area contributed by atoms with Crippen molar-refractivity contribution in [2.75, 3.05) is 0 Å². The Morgan fingerprint density at radius 2 is 1.56 bits per heavy atom. The zero-order chi connectivity index (χ0) is 13.0. The number of rotatable bonds is 4. The summed E-state index contributed by atoms with van der Waals surface area (Å²) in [6.07, 6.45) is 0. The van der Waals surface area contributed by atoms with E-state index in [0.29, 0.717) is 18.7 Å². The first-order valence-corrected chi connectivity index (χ1v) is 5.85. The lowest BCUT2D eigenvalue weighted by molar-refractivity contribution is 0.575. The van der Waals surface area contributed by atoms with Crippen LogP contribution in [-0.2, 0) is 13.1 Å². The van der Waals surface area contributed by atoms with E-state index in [9.17, 15) is 8.78 Å². The van der Waals surface area contributed by atoms with Crippen LogP contribution in [0.4, 0.5) is 8.78 Å². The zero-order valence-electron chi connectivity index (χ0n) is 10.2. The van der Waals surface area contributed by atoms with Crippen molar-refractivity contribution in [1.82, 2.24) is 5.32 Å². The largest absolute Gasteiger partial charge is 0.309 e. The molecule has 0 bridgehead atoms. The average molecular weight is 247 g/mol. The quantitative estimate of drug-likeness (QED) is 0.871. The maximum absolute atomic E-state index is 13.0. The van der Waals surface area contributed by atoms with E-state index in [0.717, 1.165) is 11.6 Å². The van der Waals surface area contributed by atoms with Crippen LogP contribution in [-0.4, -0.2) is 0 Å². The van der Waals surface area contributed by atoms with Gasteiger partial charge in [0.25, 0.3) is 0 Å². The van der Waals surface area contributed by atoms with Gasteiger partial charge in [-0.15, -0.1) is 0 Å². The summed E-state index contributed by atoms with van der Waals surface area (Å²) < 4.78 is 25.9. The number of halogens is 2.